The van der Waals surface area contributed by atoms with Gasteiger partial charge < -0.3 is 5.32 Å². The number of carbonyl (C=O) groups excluding carboxylic acids is 1. The molecule has 0 radical (unpaired) electrons. The molecule has 1 aliphatic rings. The average molecular weight is 267 g/mol. The third kappa shape index (κ3) is 4.06. The van der Waals surface area contributed by atoms with E-state index >= 15 is 0 Å². The van der Waals surface area contributed by atoms with Gasteiger partial charge in [0.05, 0.1) is 6.04 Å². The van der Waals surface area contributed by atoms with Gasteiger partial charge in [-0.25, -0.2) is 0 Å². The Kier molecular flexibility index (Phi) is 4.60. The number of ketones is 1. The Bertz CT molecular complexity index is 335. The lowest BCUT2D eigenvalue weighted by Crippen LogP contribution is -2.43. The van der Waals surface area contributed by atoms with Crippen molar-refractivity contribution in [2.24, 2.45) is 11.3 Å². The third-order valence-corrected chi connectivity index (χ3v) is 5.04. The second-order valence-corrected chi connectivity index (χ2v) is 13.3. The number of Topliss-reactive ketones (excluding diaryl/α,β-unsaturated/α-hetero) is 1. The standard InChI is InChI=1S/C15H29NOSi/c1-11(10-18(5,6)7)12-8-9-16-13(12)14(17)15(2,3)4/h12-13,16H,1,8-10H2,2-7H3/t12-,13-/m0/s1. The van der Waals surface area contributed by atoms with Gasteiger partial charge in [-0.2, -0.15) is 0 Å². The Morgan fingerprint density at radius 3 is 2.33 bits per heavy atom. The molecule has 1 aliphatic heterocycles. The molecule has 18 heavy (non-hydrogen) atoms. The topological polar surface area (TPSA) is 29.1 Å². The highest BCUT2D eigenvalue weighted by molar-refractivity contribution is 6.76. The third-order valence-electron chi connectivity index (χ3n) is 3.53. The first-order valence-corrected chi connectivity index (χ1v) is 10.7. The first-order valence-electron chi connectivity index (χ1n) is 6.98. The maximum absolute atomic E-state index is 12.5. The number of hydrogen-bond acceptors (Lipinski definition) is 2. The Labute approximate surface area is 113 Å². The van der Waals surface area contributed by atoms with Crippen LogP contribution in [-0.4, -0.2) is 26.4 Å². The Morgan fingerprint density at radius 2 is 1.89 bits per heavy atom. The van der Waals surface area contributed by atoms with Crippen LogP contribution in [0.2, 0.25) is 25.7 Å². The molecule has 3 heteroatoms. The molecule has 0 saturated carbocycles. The molecule has 104 valence electrons. The van der Waals surface area contributed by atoms with Crippen LogP contribution in [0.3, 0.4) is 0 Å². The van der Waals surface area contributed by atoms with E-state index in [4.69, 9.17) is 0 Å². The zero-order valence-corrected chi connectivity index (χ0v) is 13.9. The van der Waals surface area contributed by atoms with Crippen LogP contribution in [0.5, 0.6) is 0 Å². The minimum atomic E-state index is -1.14. The van der Waals surface area contributed by atoms with Crippen LogP contribution in [0.4, 0.5) is 0 Å². The predicted octanol–water partition coefficient (Wildman–Crippen LogP) is 3.47. The fraction of sp³-hybridized carbons (Fsp3) is 0.800. The van der Waals surface area contributed by atoms with Gasteiger partial charge in [0, 0.05) is 19.4 Å². The Hall–Kier alpha value is -0.413. The molecule has 0 aromatic carbocycles. The molecule has 2 nitrogen and oxygen atoms in total. The molecule has 1 saturated heterocycles. The van der Waals surface area contributed by atoms with E-state index in [9.17, 15) is 4.79 Å². The fourth-order valence-corrected chi connectivity index (χ4v) is 4.32. The van der Waals surface area contributed by atoms with Crippen molar-refractivity contribution >= 4 is 13.9 Å². The maximum Gasteiger partial charge on any atom is 0.155 e. The lowest BCUT2D eigenvalue weighted by atomic mass is 9.80. The van der Waals surface area contributed by atoms with Crippen LogP contribution >= 0.6 is 0 Å². The largest absolute Gasteiger partial charge is 0.307 e. The summed E-state index contributed by atoms with van der Waals surface area (Å²) in [6, 6.07) is 1.13. The smallest absolute Gasteiger partial charge is 0.155 e. The highest BCUT2D eigenvalue weighted by Gasteiger charge is 2.39. The van der Waals surface area contributed by atoms with Crippen LogP contribution < -0.4 is 5.32 Å². The first kappa shape index (κ1) is 15.6. The minimum absolute atomic E-state index is 0.00569. The molecule has 0 spiro atoms. The van der Waals surface area contributed by atoms with Gasteiger partial charge in [0.2, 0.25) is 0 Å². The van der Waals surface area contributed by atoms with E-state index in [1.807, 2.05) is 20.8 Å². The van der Waals surface area contributed by atoms with E-state index < -0.39 is 8.07 Å². The minimum Gasteiger partial charge on any atom is -0.307 e. The summed E-state index contributed by atoms with van der Waals surface area (Å²) < 4.78 is 0. The summed E-state index contributed by atoms with van der Waals surface area (Å²) >= 11 is 0. The summed E-state index contributed by atoms with van der Waals surface area (Å²) in [6.07, 6.45) is 1.07. The first-order chi connectivity index (χ1) is 8.02. The van der Waals surface area contributed by atoms with Crippen LogP contribution in [0, 0.1) is 11.3 Å². The molecule has 0 aliphatic carbocycles. The van der Waals surface area contributed by atoms with Gasteiger partial charge in [0.1, 0.15) is 0 Å². The lowest BCUT2D eigenvalue weighted by Gasteiger charge is -2.29. The van der Waals surface area contributed by atoms with E-state index in [0.717, 1.165) is 19.0 Å². The van der Waals surface area contributed by atoms with Crippen molar-refractivity contribution in [3.05, 3.63) is 12.2 Å². The van der Waals surface area contributed by atoms with E-state index in [1.54, 1.807) is 0 Å². The molecule has 0 unspecified atom stereocenters. The maximum atomic E-state index is 12.5. The molecule has 0 aromatic heterocycles. The van der Waals surface area contributed by atoms with Gasteiger partial charge in [-0.3, -0.25) is 4.79 Å². The Balaban J connectivity index is 2.77. The van der Waals surface area contributed by atoms with Crippen LogP contribution in [0.25, 0.3) is 0 Å². The zero-order chi connectivity index (χ0) is 14.1. The number of carbonyl (C=O) groups is 1. The van der Waals surface area contributed by atoms with E-state index in [-0.39, 0.29) is 11.5 Å². The fourth-order valence-electron chi connectivity index (χ4n) is 2.70. The molecule has 1 N–H and O–H groups in total. The predicted molar refractivity (Wildman–Crippen MR) is 81.7 cm³/mol. The highest BCUT2D eigenvalue weighted by atomic mass is 28.3. The van der Waals surface area contributed by atoms with E-state index in [0.29, 0.717) is 11.7 Å². The quantitative estimate of drug-likeness (QED) is 0.624. The summed E-state index contributed by atoms with van der Waals surface area (Å²) in [4.78, 5) is 12.5. The molecule has 0 bridgehead atoms. The molecule has 1 heterocycles. The second-order valence-electron chi connectivity index (χ2n) is 7.84. The average Bonchev–Trinajstić information content (AvgIpc) is 2.60. The molecule has 0 aromatic rings. The van der Waals surface area contributed by atoms with Crippen LogP contribution in [0.15, 0.2) is 12.2 Å². The van der Waals surface area contributed by atoms with Crippen molar-refractivity contribution < 1.29 is 4.79 Å². The van der Waals surface area contributed by atoms with Gasteiger partial charge in [0.15, 0.2) is 5.78 Å². The summed E-state index contributed by atoms with van der Waals surface area (Å²) in [7, 11) is -1.14. The van der Waals surface area contributed by atoms with Crippen molar-refractivity contribution in [3.63, 3.8) is 0 Å². The summed E-state index contributed by atoms with van der Waals surface area (Å²) in [6.45, 7) is 18.3. The number of nitrogens with one attached hydrogen (secondary N) is 1. The number of rotatable bonds is 4. The lowest BCUT2D eigenvalue weighted by molar-refractivity contribution is -0.128. The van der Waals surface area contributed by atoms with Crippen molar-refractivity contribution in [2.45, 2.75) is 58.9 Å². The number of hydrogen-bond donors (Lipinski definition) is 1. The van der Waals surface area contributed by atoms with E-state index in [2.05, 4.69) is 31.5 Å². The normalized spacial score (nSPS) is 25.2. The SMILES string of the molecule is C=C(C[Si](C)(C)C)[C@@H]1CCN[C@@H]1C(=O)C(C)(C)C. The van der Waals surface area contributed by atoms with Gasteiger partial charge in [-0.05, 0) is 19.0 Å². The molecule has 2 atom stereocenters. The monoisotopic (exact) mass is 267 g/mol. The molecular formula is C15H29NOSi. The highest BCUT2D eigenvalue weighted by Crippen LogP contribution is 2.32. The summed E-state index contributed by atoms with van der Waals surface area (Å²) in [5, 5.41) is 3.38. The molecule has 1 fully saturated rings. The van der Waals surface area contributed by atoms with Gasteiger partial charge >= 0.3 is 0 Å². The second kappa shape index (κ2) is 5.30. The van der Waals surface area contributed by atoms with Crippen molar-refractivity contribution in [1.29, 1.82) is 0 Å². The van der Waals surface area contributed by atoms with Gasteiger partial charge in [-0.1, -0.05) is 52.6 Å². The molecular weight excluding hydrogens is 238 g/mol. The summed E-state index contributed by atoms with van der Waals surface area (Å²) in [5.41, 5.74) is 1.03. The molecule has 1 rings (SSSR count). The van der Waals surface area contributed by atoms with Crippen molar-refractivity contribution in [2.75, 3.05) is 6.54 Å². The van der Waals surface area contributed by atoms with Crippen LogP contribution in [0.1, 0.15) is 27.2 Å². The van der Waals surface area contributed by atoms with Crippen LogP contribution in [-0.2, 0) is 4.79 Å². The molecule has 0 amide bonds. The van der Waals surface area contributed by atoms with Crippen molar-refractivity contribution in [3.8, 4) is 0 Å². The van der Waals surface area contributed by atoms with Gasteiger partial charge in [-0.15, -0.1) is 0 Å². The zero-order valence-electron chi connectivity index (χ0n) is 12.9. The van der Waals surface area contributed by atoms with Gasteiger partial charge in [0.25, 0.3) is 0 Å². The summed E-state index contributed by atoms with van der Waals surface area (Å²) in [5.74, 6) is 0.685. The van der Waals surface area contributed by atoms with Crippen molar-refractivity contribution in [1.82, 2.24) is 5.32 Å². The Morgan fingerprint density at radius 1 is 1.33 bits per heavy atom. The van der Waals surface area contributed by atoms with E-state index in [1.165, 1.54) is 5.57 Å².